The fraction of sp³-hybridized carbons (Fsp3) is 0.400. The zero-order valence-corrected chi connectivity index (χ0v) is 10.4. The number of aliphatic hydroxyl groups excluding tert-OH is 1. The van der Waals surface area contributed by atoms with Crippen LogP contribution >= 0.6 is 0 Å². The molecule has 1 saturated heterocycles. The summed E-state index contributed by atoms with van der Waals surface area (Å²) in [6.45, 7) is 2.06. The molecular formula is C15H17NO2. The minimum absolute atomic E-state index is 0.0845. The van der Waals surface area contributed by atoms with E-state index in [2.05, 4.69) is 11.9 Å². The van der Waals surface area contributed by atoms with E-state index < -0.39 is 6.10 Å². The summed E-state index contributed by atoms with van der Waals surface area (Å²) >= 11 is 0. The summed E-state index contributed by atoms with van der Waals surface area (Å²) in [6.07, 6.45) is 5.14. The number of hydrogen-bond donors (Lipinski definition) is 1. The molecule has 18 heavy (non-hydrogen) atoms. The Morgan fingerprint density at radius 2 is 2.22 bits per heavy atom. The molecule has 0 bridgehead atoms. The zero-order chi connectivity index (χ0) is 12.5. The molecule has 3 nitrogen and oxygen atoms in total. The Kier molecular flexibility index (Phi) is 3.02. The number of aromatic nitrogens is 1. The van der Waals surface area contributed by atoms with Crippen molar-refractivity contribution in [3.8, 4) is 0 Å². The van der Waals surface area contributed by atoms with Crippen LogP contribution in [0.15, 0.2) is 36.7 Å². The van der Waals surface area contributed by atoms with E-state index in [1.807, 2.05) is 30.5 Å². The smallest absolute Gasteiger partial charge is 0.106 e. The van der Waals surface area contributed by atoms with Crippen molar-refractivity contribution in [1.82, 2.24) is 4.98 Å². The highest BCUT2D eigenvalue weighted by molar-refractivity contribution is 5.85. The first-order valence-electron chi connectivity index (χ1n) is 6.42. The van der Waals surface area contributed by atoms with E-state index in [4.69, 9.17) is 4.74 Å². The molecule has 3 heteroatoms. The Hall–Kier alpha value is -1.45. The topological polar surface area (TPSA) is 42.4 Å². The van der Waals surface area contributed by atoms with Crippen molar-refractivity contribution in [3.63, 3.8) is 0 Å². The van der Waals surface area contributed by atoms with Crippen molar-refractivity contribution in [2.75, 3.05) is 0 Å². The molecule has 1 aliphatic heterocycles. The molecule has 1 aromatic carbocycles. The van der Waals surface area contributed by atoms with E-state index >= 15 is 0 Å². The van der Waals surface area contributed by atoms with Gasteiger partial charge in [-0.15, -0.1) is 0 Å². The fourth-order valence-electron chi connectivity index (χ4n) is 2.67. The standard InChI is InChI=1S/C15H17NO2/c1-10-5-6-14(18-10)15(17)13-4-2-3-11-9-16-8-7-12(11)13/h2-4,7-10,14-15,17H,5-6H2,1H3. The zero-order valence-electron chi connectivity index (χ0n) is 10.4. The quantitative estimate of drug-likeness (QED) is 0.882. The maximum absolute atomic E-state index is 10.5. The van der Waals surface area contributed by atoms with Gasteiger partial charge in [-0.2, -0.15) is 0 Å². The van der Waals surface area contributed by atoms with Gasteiger partial charge in [0.25, 0.3) is 0 Å². The lowest BCUT2D eigenvalue weighted by atomic mass is 9.97. The van der Waals surface area contributed by atoms with Crippen LogP contribution in [0.3, 0.4) is 0 Å². The molecule has 2 aromatic rings. The average molecular weight is 243 g/mol. The lowest BCUT2D eigenvalue weighted by Gasteiger charge is -2.20. The minimum atomic E-state index is -0.555. The molecule has 3 unspecified atom stereocenters. The summed E-state index contributed by atoms with van der Waals surface area (Å²) in [6, 6.07) is 7.89. The van der Waals surface area contributed by atoms with Crippen LogP contribution in [0.2, 0.25) is 0 Å². The van der Waals surface area contributed by atoms with E-state index in [1.165, 1.54) is 0 Å². The first-order chi connectivity index (χ1) is 8.75. The highest BCUT2D eigenvalue weighted by Gasteiger charge is 2.29. The molecule has 1 aromatic heterocycles. The van der Waals surface area contributed by atoms with Crippen molar-refractivity contribution < 1.29 is 9.84 Å². The molecule has 1 aliphatic rings. The van der Waals surface area contributed by atoms with Gasteiger partial charge in [0, 0.05) is 17.8 Å². The van der Waals surface area contributed by atoms with Gasteiger partial charge in [0.05, 0.1) is 12.2 Å². The second-order valence-electron chi connectivity index (χ2n) is 4.95. The average Bonchev–Trinajstić information content (AvgIpc) is 2.84. The third-order valence-electron chi connectivity index (χ3n) is 3.65. The Balaban J connectivity index is 1.98. The highest BCUT2D eigenvalue weighted by atomic mass is 16.5. The lowest BCUT2D eigenvalue weighted by molar-refractivity contribution is -0.0291. The third kappa shape index (κ3) is 2.00. The Morgan fingerprint density at radius 1 is 1.33 bits per heavy atom. The number of rotatable bonds is 2. The molecule has 3 atom stereocenters. The van der Waals surface area contributed by atoms with Gasteiger partial charge < -0.3 is 9.84 Å². The molecule has 0 saturated carbocycles. The van der Waals surface area contributed by atoms with Gasteiger partial charge in [-0.3, -0.25) is 4.98 Å². The van der Waals surface area contributed by atoms with Gasteiger partial charge in [0.1, 0.15) is 6.10 Å². The van der Waals surface area contributed by atoms with E-state index in [0.29, 0.717) is 0 Å². The van der Waals surface area contributed by atoms with Crippen LogP contribution in [0.25, 0.3) is 10.8 Å². The number of ether oxygens (including phenoxy) is 1. The lowest BCUT2D eigenvalue weighted by Crippen LogP contribution is -2.18. The van der Waals surface area contributed by atoms with Crippen LogP contribution in [0, 0.1) is 0 Å². The molecule has 2 heterocycles. The summed E-state index contributed by atoms with van der Waals surface area (Å²) in [7, 11) is 0. The van der Waals surface area contributed by atoms with Crippen LogP contribution < -0.4 is 0 Å². The van der Waals surface area contributed by atoms with Gasteiger partial charge >= 0.3 is 0 Å². The van der Waals surface area contributed by atoms with E-state index in [9.17, 15) is 5.11 Å². The monoisotopic (exact) mass is 243 g/mol. The predicted molar refractivity (Wildman–Crippen MR) is 70.3 cm³/mol. The van der Waals surface area contributed by atoms with Crippen LogP contribution in [0.5, 0.6) is 0 Å². The molecule has 0 aliphatic carbocycles. The molecule has 94 valence electrons. The second-order valence-corrected chi connectivity index (χ2v) is 4.95. The maximum atomic E-state index is 10.5. The molecule has 3 rings (SSSR count). The molecule has 1 N–H and O–H groups in total. The predicted octanol–water partition coefficient (Wildman–Crippen LogP) is 2.84. The van der Waals surface area contributed by atoms with E-state index in [0.717, 1.165) is 29.2 Å². The third-order valence-corrected chi connectivity index (χ3v) is 3.65. The number of benzene rings is 1. The molecule has 1 fully saturated rings. The van der Waals surface area contributed by atoms with Gasteiger partial charge in [0.15, 0.2) is 0 Å². The fourth-order valence-corrected chi connectivity index (χ4v) is 2.67. The van der Waals surface area contributed by atoms with Gasteiger partial charge in [-0.1, -0.05) is 18.2 Å². The molecule has 0 amide bonds. The van der Waals surface area contributed by atoms with Gasteiger partial charge in [-0.25, -0.2) is 0 Å². The second kappa shape index (κ2) is 4.67. The number of nitrogens with zero attached hydrogens (tertiary/aromatic N) is 1. The SMILES string of the molecule is CC1CCC(C(O)c2cccc3cnccc23)O1. The first kappa shape index (κ1) is 11.6. The van der Waals surface area contributed by atoms with Gasteiger partial charge in [0.2, 0.25) is 0 Å². The molecular weight excluding hydrogens is 226 g/mol. The number of aliphatic hydroxyl groups is 1. The van der Waals surface area contributed by atoms with Crippen LogP contribution in [0.4, 0.5) is 0 Å². The van der Waals surface area contributed by atoms with Crippen molar-refractivity contribution in [2.24, 2.45) is 0 Å². The Morgan fingerprint density at radius 3 is 3.00 bits per heavy atom. The normalized spacial score (nSPS) is 25.4. The van der Waals surface area contributed by atoms with Crippen molar-refractivity contribution >= 4 is 10.8 Å². The number of pyridine rings is 1. The van der Waals surface area contributed by atoms with Crippen LogP contribution in [0.1, 0.15) is 31.4 Å². The van der Waals surface area contributed by atoms with Crippen LogP contribution in [-0.2, 0) is 4.74 Å². The number of hydrogen-bond acceptors (Lipinski definition) is 3. The van der Waals surface area contributed by atoms with Crippen LogP contribution in [-0.4, -0.2) is 22.3 Å². The minimum Gasteiger partial charge on any atom is -0.386 e. The molecule has 0 radical (unpaired) electrons. The largest absolute Gasteiger partial charge is 0.386 e. The van der Waals surface area contributed by atoms with Gasteiger partial charge in [-0.05, 0) is 36.8 Å². The summed E-state index contributed by atoms with van der Waals surface area (Å²) in [5, 5.41) is 12.6. The number of fused-ring (bicyclic) bond motifs is 1. The summed E-state index contributed by atoms with van der Waals surface area (Å²) in [5.41, 5.74) is 0.939. The van der Waals surface area contributed by atoms with Crippen molar-refractivity contribution in [3.05, 3.63) is 42.2 Å². The maximum Gasteiger partial charge on any atom is 0.106 e. The van der Waals surface area contributed by atoms with E-state index in [1.54, 1.807) is 6.20 Å². The van der Waals surface area contributed by atoms with E-state index in [-0.39, 0.29) is 12.2 Å². The summed E-state index contributed by atoms with van der Waals surface area (Å²) in [5.74, 6) is 0. The van der Waals surface area contributed by atoms with Crippen molar-refractivity contribution in [2.45, 2.75) is 38.1 Å². The first-order valence-corrected chi connectivity index (χ1v) is 6.42. The molecule has 0 spiro atoms. The highest BCUT2D eigenvalue weighted by Crippen LogP contribution is 2.33. The Labute approximate surface area is 106 Å². The summed E-state index contributed by atoms with van der Waals surface area (Å²) in [4.78, 5) is 4.11. The Bertz CT molecular complexity index is 550. The van der Waals surface area contributed by atoms with Crippen molar-refractivity contribution in [1.29, 1.82) is 0 Å². The summed E-state index contributed by atoms with van der Waals surface area (Å²) < 4.78 is 5.76.